The second kappa shape index (κ2) is 8.45. The van der Waals surface area contributed by atoms with Crippen molar-refractivity contribution in [2.75, 3.05) is 33.4 Å². The van der Waals surface area contributed by atoms with Crippen molar-refractivity contribution in [3.05, 3.63) is 42.0 Å². The van der Waals surface area contributed by atoms with Crippen LogP contribution in [0, 0.1) is 0 Å². The van der Waals surface area contributed by atoms with Gasteiger partial charge in [0.05, 0.1) is 13.2 Å². The molecule has 0 aliphatic rings. The number of carbonyl (C=O) groups excluding carboxylic acids is 1. The third-order valence-electron chi connectivity index (χ3n) is 2.43. The number of methoxy groups -OCH3 is 1. The molecule has 0 saturated carbocycles. The zero-order valence-electron chi connectivity index (χ0n) is 11.6. The van der Waals surface area contributed by atoms with Gasteiger partial charge in [0.25, 0.3) is 0 Å². The van der Waals surface area contributed by atoms with Crippen LogP contribution in [0.2, 0.25) is 0 Å². The van der Waals surface area contributed by atoms with Crippen LogP contribution in [-0.2, 0) is 4.74 Å². The zero-order chi connectivity index (χ0) is 14.1. The summed E-state index contributed by atoms with van der Waals surface area (Å²) in [6, 6.07) is 7.14. The van der Waals surface area contributed by atoms with E-state index in [1.165, 1.54) is 0 Å². The summed E-state index contributed by atoms with van der Waals surface area (Å²) in [5, 5.41) is 3.02. The van der Waals surface area contributed by atoms with Crippen LogP contribution in [0.4, 0.5) is 0 Å². The molecule has 19 heavy (non-hydrogen) atoms. The van der Waals surface area contributed by atoms with E-state index in [2.05, 4.69) is 11.9 Å². The minimum atomic E-state index is 0.0579. The normalized spacial score (nSPS) is 10.2. The van der Waals surface area contributed by atoms with E-state index in [4.69, 9.17) is 9.47 Å². The summed E-state index contributed by atoms with van der Waals surface area (Å²) in [5.74, 6) is 0.800. The van der Waals surface area contributed by atoms with Crippen LogP contribution < -0.4 is 10.1 Å². The Morgan fingerprint density at radius 2 is 2.00 bits per heavy atom. The summed E-state index contributed by atoms with van der Waals surface area (Å²) >= 11 is 0. The Kier molecular flexibility index (Phi) is 6.85. The van der Waals surface area contributed by atoms with Gasteiger partial charge in [-0.1, -0.05) is 6.58 Å². The number of hydrogen-bond donors (Lipinski definition) is 1. The molecule has 4 nitrogen and oxygen atoms in total. The van der Waals surface area contributed by atoms with E-state index in [0.29, 0.717) is 31.9 Å². The van der Waals surface area contributed by atoms with Gasteiger partial charge in [0.1, 0.15) is 12.4 Å². The standard InChI is InChI=1S/C15H21NO3/c1-12(2)11-19-14-6-4-13(5-7-14)15(17)10-16-8-9-18-3/h4-7,16H,1,8-11H2,2-3H3. The number of Topliss-reactive ketones (excluding diaryl/α,β-unsaturated/α-hetero) is 1. The lowest BCUT2D eigenvalue weighted by molar-refractivity contribution is 0.0987. The SMILES string of the molecule is C=C(C)COc1ccc(C(=O)CNCCOC)cc1. The molecule has 1 aromatic rings. The van der Waals surface area contributed by atoms with E-state index in [0.717, 1.165) is 11.3 Å². The molecule has 0 unspecified atom stereocenters. The molecule has 0 spiro atoms. The Bertz CT molecular complexity index is 412. The van der Waals surface area contributed by atoms with Gasteiger partial charge >= 0.3 is 0 Å². The van der Waals surface area contributed by atoms with Crippen molar-refractivity contribution in [1.29, 1.82) is 0 Å². The van der Waals surface area contributed by atoms with Gasteiger partial charge in [0.2, 0.25) is 0 Å². The van der Waals surface area contributed by atoms with Crippen molar-refractivity contribution in [2.24, 2.45) is 0 Å². The first-order valence-electron chi connectivity index (χ1n) is 6.23. The molecule has 1 rings (SSSR count). The van der Waals surface area contributed by atoms with E-state index in [-0.39, 0.29) is 5.78 Å². The molecule has 0 atom stereocenters. The number of hydrogen-bond acceptors (Lipinski definition) is 4. The molecule has 1 aromatic carbocycles. The Labute approximate surface area is 114 Å². The van der Waals surface area contributed by atoms with Crippen molar-refractivity contribution in [3.8, 4) is 5.75 Å². The molecule has 104 valence electrons. The van der Waals surface area contributed by atoms with Crippen molar-refractivity contribution in [3.63, 3.8) is 0 Å². The largest absolute Gasteiger partial charge is 0.489 e. The molecule has 0 fully saturated rings. The predicted octanol–water partition coefficient (Wildman–Crippen LogP) is 2.06. The molecule has 0 aliphatic carbocycles. The summed E-state index contributed by atoms with van der Waals surface area (Å²) in [6.45, 7) is 7.75. The highest BCUT2D eigenvalue weighted by Gasteiger charge is 2.05. The quantitative estimate of drug-likeness (QED) is 0.421. The molecular weight excluding hydrogens is 242 g/mol. The lowest BCUT2D eigenvalue weighted by Gasteiger charge is -2.07. The highest BCUT2D eigenvalue weighted by molar-refractivity contribution is 5.97. The maximum absolute atomic E-state index is 11.8. The van der Waals surface area contributed by atoms with E-state index in [9.17, 15) is 4.79 Å². The lowest BCUT2D eigenvalue weighted by Crippen LogP contribution is -2.26. The van der Waals surface area contributed by atoms with E-state index in [1.807, 2.05) is 6.92 Å². The molecule has 0 aromatic heterocycles. The molecule has 1 N–H and O–H groups in total. The zero-order valence-corrected chi connectivity index (χ0v) is 11.6. The molecule has 0 heterocycles. The smallest absolute Gasteiger partial charge is 0.176 e. The van der Waals surface area contributed by atoms with Gasteiger partial charge in [-0.05, 0) is 36.8 Å². The minimum Gasteiger partial charge on any atom is -0.489 e. The van der Waals surface area contributed by atoms with Crippen molar-refractivity contribution >= 4 is 5.78 Å². The fourth-order valence-electron chi connectivity index (χ4n) is 1.42. The van der Waals surface area contributed by atoms with Gasteiger partial charge in [-0.25, -0.2) is 0 Å². The van der Waals surface area contributed by atoms with Crippen LogP contribution in [0.25, 0.3) is 0 Å². The fourth-order valence-corrected chi connectivity index (χ4v) is 1.42. The number of rotatable bonds is 9. The Morgan fingerprint density at radius 3 is 2.58 bits per heavy atom. The first kappa shape index (κ1) is 15.4. The van der Waals surface area contributed by atoms with Crippen LogP contribution in [-0.4, -0.2) is 39.2 Å². The molecule has 0 amide bonds. The average molecular weight is 263 g/mol. The maximum Gasteiger partial charge on any atom is 0.176 e. The summed E-state index contributed by atoms with van der Waals surface area (Å²) in [4.78, 5) is 11.8. The maximum atomic E-state index is 11.8. The van der Waals surface area contributed by atoms with Crippen LogP contribution in [0.5, 0.6) is 5.75 Å². The van der Waals surface area contributed by atoms with E-state index >= 15 is 0 Å². The number of ether oxygens (including phenoxy) is 2. The van der Waals surface area contributed by atoms with Crippen molar-refractivity contribution in [2.45, 2.75) is 6.92 Å². The van der Waals surface area contributed by atoms with Gasteiger partial charge in [-0.3, -0.25) is 4.79 Å². The monoisotopic (exact) mass is 263 g/mol. The van der Waals surface area contributed by atoms with Gasteiger partial charge < -0.3 is 14.8 Å². The summed E-state index contributed by atoms with van der Waals surface area (Å²) in [6.07, 6.45) is 0. The van der Waals surface area contributed by atoms with Gasteiger partial charge in [0.15, 0.2) is 5.78 Å². The molecule has 0 saturated heterocycles. The number of benzene rings is 1. The molecule has 0 bridgehead atoms. The number of nitrogens with one attached hydrogen (secondary N) is 1. The summed E-state index contributed by atoms with van der Waals surface area (Å²) < 4.78 is 10.4. The van der Waals surface area contributed by atoms with Crippen LogP contribution in [0.1, 0.15) is 17.3 Å². The highest BCUT2D eigenvalue weighted by atomic mass is 16.5. The van der Waals surface area contributed by atoms with Crippen LogP contribution in [0.15, 0.2) is 36.4 Å². The summed E-state index contributed by atoms with van der Waals surface area (Å²) in [5.41, 5.74) is 1.63. The van der Waals surface area contributed by atoms with Crippen LogP contribution in [0.3, 0.4) is 0 Å². The third kappa shape index (κ3) is 6.18. The first-order valence-corrected chi connectivity index (χ1v) is 6.23. The van der Waals surface area contributed by atoms with Crippen molar-refractivity contribution in [1.82, 2.24) is 5.32 Å². The van der Waals surface area contributed by atoms with Crippen molar-refractivity contribution < 1.29 is 14.3 Å². The Morgan fingerprint density at radius 1 is 1.32 bits per heavy atom. The van der Waals surface area contributed by atoms with E-state index in [1.54, 1.807) is 31.4 Å². The number of carbonyl (C=O) groups is 1. The predicted molar refractivity (Wildman–Crippen MR) is 75.8 cm³/mol. The highest BCUT2D eigenvalue weighted by Crippen LogP contribution is 2.13. The van der Waals surface area contributed by atoms with E-state index < -0.39 is 0 Å². The second-order valence-corrected chi connectivity index (χ2v) is 4.36. The number of ketones is 1. The van der Waals surface area contributed by atoms with Crippen LogP contribution >= 0.6 is 0 Å². The second-order valence-electron chi connectivity index (χ2n) is 4.36. The average Bonchev–Trinajstić information content (AvgIpc) is 2.41. The minimum absolute atomic E-state index is 0.0579. The molecular formula is C15H21NO3. The van der Waals surface area contributed by atoms with Gasteiger partial charge in [-0.2, -0.15) is 0 Å². The first-order chi connectivity index (χ1) is 9.13. The Balaban J connectivity index is 2.42. The molecule has 4 heteroatoms. The lowest BCUT2D eigenvalue weighted by atomic mass is 10.1. The Hall–Kier alpha value is -1.65. The topological polar surface area (TPSA) is 47.6 Å². The van der Waals surface area contributed by atoms with Gasteiger partial charge in [0, 0.05) is 19.2 Å². The summed E-state index contributed by atoms with van der Waals surface area (Å²) in [7, 11) is 1.63. The fraction of sp³-hybridized carbons (Fsp3) is 0.400. The van der Waals surface area contributed by atoms with Gasteiger partial charge in [-0.15, -0.1) is 0 Å². The molecule has 0 radical (unpaired) electrons. The third-order valence-corrected chi connectivity index (χ3v) is 2.43. The molecule has 0 aliphatic heterocycles.